The second-order valence-corrected chi connectivity index (χ2v) is 3.48. The molecular weight excluding hydrogens is 204 g/mol. The number of benzene rings is 1. The van der Waals surface area contributed by atoms with Gasteiger partial charge in [-0.1, -0.05) is 30.3 Å². The van der Waals surface area contributed by atoms with Crippen LogP contribution in [0, 0.1) is 0 Å². The Hall–Kier alpha value is -2.10. The molecule has 0 aliphatic carbocycles. The summed E-state index contributed by atoms with van der Waals surface area (Å²) in [4.78, 5) is 16.7. The van der Waals surface area contributed by atoms with Crippen molar-refractivity contribution in [3.05, 3.63) is 48.2 Å². The van der Waals surface area contributed by atoms with Crippen LogP contribution in [0.4, 0.5) is 0 Å². The third kappa shape index (κ3) is 2.28. The average Bonchev–Trinajstić information content (AvgIpc) is 2.30. The van der Waals surface area contributed by atoms with E-state index in [0.717, 1.165) is 5.56 Å². The topological polar surface area (TPSA) is 52.9 Å². The SMILES string of the molecule is O=C(O)CN1CC=CN=C1c1ccccc1. The van der Waals surface area contributed by atoms with Crippen molar-refractivity contribution in [2.75, 3.05) is 13.1 Å². The van der Waals surface area contributed by atoms with Gasteiger partial charge in [0.15, 0.2) is 0 Å². The number of aliphatic imine (C=N–C) groups is 1. The minimum Gasteiger partial charge on any atom is -0.480 e. The smallest absolute Gasteiger partial charge is 0.323 e. The van der Waals surface area contributed by atoms with Crippen molar-refractivity contribution in [2.45, 2.75) is 0 Å². The number of nitrogens with zero attached hydrogens (tertiary/aromatic N) is 2. The zero-order valence-electron chi connectivity index (χ0n) is 8.71. The summed E-state index contributed by atoms with van der Waals surface area (Å²) < 4.78 is 0. The highest BCUT2D eigenvalue weighted by Gasteiger charge is 2.16. The van der Waals surface area contributed by atoms with Crippen molar-refractivity contribution in [3.8, 4) is 0 Å². The number of carbonyl (C=O) groups is 1. The standard InChI is InChI=1S/C12H12N2O2/c15-11(16)9-14-8-4-7-13-12(14)10-5-2-1-3-6-10/h1-7H,8-9H2,(H,15,16). The minimum atomic E-state index is -0.848. The van der Waals surface area contributed by atoms with Gasteiger partial charge in [0.25, 0.3) is 0 Å². The van der Waals surface area contributed by atoms with E-state index in [1.807, 2.05) is 36.4 Å². The average molecular weight is 216 g/mol. The molecule has 0 atom stereocenters. The van der Waals surface area contributed by atoms with Crippen LogP contribution >= 0.6 is 0 Å². The third-order valence-corrected chi connectivity index (χ3v) is 2.29. The van der Waals surface area contributed by atoms with Gasteiger partial charge in [-0.3, -0.25) is 4.79 Å². The van der Waals surface area contributed by atoms with Gasteiger partial charge in [-0.2, -0.15) is 0 Å². The molecule has 1 aliphatic rings. The zero-order valence-corrected chi connectivity index (χ0v) is 8.71. The van der Waals surface area contributed by atoms with E-state index in [-0.39, 0.29) is 6.54 Å². The second kappa shape index (κ2) is 4.61. The molecule has 1 heterocycles. The predicted octanol–water partition coefficient (Wildman–Crippen LogP) is 1.35. The monoisotopic (exact) mass is 216 g/mol. The summed E-state index contributed by atoms with van der Waals surface area (Å²) in [7, 11) is 0. The fourth-order valence-corrected chi connectivity index (χ4v) is 1.61. The lowest BCUT2D eigenvalue weighted by Gasteiger charge is -2.25. The molecule has 4 heteroatoms. The van der Waals surface area contributed by atoms with Crippen LogP contribution in [0.2, 0.25) is 0 Å². The van der Waals surface area contributed by atoms with E-state index >= 15 is 0 Å². The number of hydrogen-bond acceptors (Lipinski definition) is 3. The Balaban J connectivity index is 2.26. The molecule has 0 saturated heterocycles. The largest absolute Gasteiger partial charge is 0.480 e. The van der Waals surface area contributed by atoms with Gasteiger partial charge in [0, 0.05) is 18.3 Å². The number of hydrogen-bond donors (Lipinski definition) is 1. The normalized spacial score (nSPS) is 14.8. The lowest BCUT2D eigenvalue weighted by Crippen LogP contribution is -2.37. The zero-order chi connectivity index (χ0) is 11.4. The highest BCUT2D eigenvalue weighted by Crippen LogP contribution is 2.09. The highest BCUT2D eigenvalue weighted by molar-refractivity contribution is 6.00. The highest BCUT2D eigenvalue weighted by atomic mass is 16.4. The number of rotatable bonds is 3. The van der Waals surface area contributed by atoms with E-state index in [0.29, 0.717) is 12.4 Å². The first-order chi connectivity index (χ1) is 7.77. The maximum Gasteiger partial charge on any atom is 0.323 e. The van der Waals surface area contributed by atoms with Crippen molar-refractivity contribution in [1.82, 2.24) is 4.90 Å². The molecule has 0 unspecified atom stereocenters. The Kier molecular flexibility index (Phi) is 3.00. The Morgan fingerprint density at radius 2 is 2.12 bits per heavy atom. The van der Waals surface area contributed by atoms with Crippen LogP contribution in [0.3, 0.4) is 0 Å². The van der Waals surface area contributed by atoms with Gasteiger partial charge in [-0.25, -0.2) is 4.99 Å². The number of carboxylic acid groups (broad SMARTS) is 1. The van der Waals surface area contributed by atoms with Crippen LogP contribution in [0.25, 0.3) is 0 Å². The Morgan fingerprint density at radius 1 is 1.38 bits per heavy atom. The lowest BCUT2D eigenvalue weighted by atomic mass is 10.1. The molecule has 0 bridgehead atoms. The molecule has 82 valence electrons. The van der Waals surface area contributed by atoms with E-state index < -0.39 is 5.97 Å². The fraction of sp³-hybridized carbons (Fsp3) is 0.167. The molecule has 0 radical (unpaired) electrons. The van der Waals surface area contributed by atoms with Gasteiger partial charge in [0.2, 0.25) is 0 Å². The fourth-order valence-electron chi connectivity index (χ4n) is 1.61. The van der Waals surface area contributed by atoms with Gasteiger partial charge in [0.05, 0.1) is 0 Å². The van der Waals surface area contributed by atoms with Gasteiger partial charge in [-0.15, -0.1) is 0 Å². The van der Waals surface area contributed by atoms with Gasteiger partial charge in [-0.05, 0) is 6.08 Å². The van der Waals surface area contributed by atoms with Crippen molar-refractivity contribution in [3.63, 3.8) is 0 Å². The first-order valence-corrected chi connectivity index (χ1v) is 5.02. The molecule has 1 N–H and O–H groups in total. The summed E-state index contributed by atoms with van der Waals surface area (Å²) in [5, 5.41) is 8.81. The summed E-state index contributed by atoms with van der Waals surface area (Å²) in [6.07, 6.45) is 3.55. The first-order valence-electron chi connectivity index (χ1n) is 5.02. The molecule has 4 nitrogen and oxygen atoms in total. The molecule has 0 fully saturated rings. The van der Waals surface area contributed by atoms with Crippen LogP contribution in [0.15, 0.2) is 47.6 Å². The second-order valence-electron chi connectivity index (χ2n) is 3.48. The van der Waals surface area contributed by atoms with Gasteiger partial charge in [0.1, 0.15) is 12.4 Å². The summed E-state index contributed by atoms with van der Waals surface area (Å²) in [5.74, 6) is -0.135. The number of amidine groups is 1. The Morgan fingerprint density at radius 3 is 2.81 bits per heavy atom. The van der Waals surface area contributed by atoms with Gasteiger partial charge < -0.3 is 10.0 Å². The van der Waals surface area contributed by atoms with E-state index in [1.165, 1.54) is 0 Å². The molecule has 0 spiro atoms. The molecular formula is C12H12N2O2. The molecule has 1 aromatic rings. The minimum absolute atomic E-state index is 0.0297. The van der Waals surface area contributed by atoms with Crippen molar-refractivity contribution >= 4 is 11.8 Å². The van der Waals surface area contributed by atoms with Crippen LogP contribution < -0.4 is 0 Å². The molecule has 2 rings (SSSR count). The number of carboxylic acids is 1. The van der Waals surface area contributed by atoms with Crippen molar-refractivity contribution in [1.29, 1.82) is 0 Å². The Labute approximate surface area is 93.5 Å². The first kappa shape index (κ1) is 10.4. The molecule has 0 saturated carbocycles. The quantitative estimate of drug-likeness (QED) is 0.829. The van der Waals surface area contributed by atoms with Crippen molar-refractivity contribution < 1.29 is 9.90 Å². The van der Waals surface area contributed by atoms with Crippen LogP contribution in [-0.2, 0) is 4.79 Å². The lowest BCUT2D eigenvalue weighted by molar-refractivity contribution is -0.137. The van der Waals surface area contributed by atoms with E-state index in [9.17, 15) is 4.79 Å². The van der Waals surface area contributed by atoms with Crippen LogP contribution in [0.5, 0.6) is 0 Å². The number of aliphatic carboxylic acids is 1. The van der Waals surface area contributed by atoms with E-state index in [1.54, 1.807) is 11.1 Å². The molecule has 1 aliphatic heterocycles. The summed E-state index contributed by atoms with van der Waals surface area (Å²) >= 11 is 0. The predicted molar refractivity (Wildman–Crippen MR) is 61.3 cm³/mol. The molecule has 0 amide bonds. The van der Waals surface area contributed by atoms with E-state index in [2.05, 4.69) is 4.99 Å². The molecule has 0 aromatic heterocycles. The summed E-state index contributed by atoms with van der Waals surface area (Å²) in [6.45, 7) is 0.554. The third-order valence-electron chi connectivity index (χ3n) is 2.29. The van der Waals surface area contributed by atoms with Crippen molar-refractivity contribution in [2.24, 2.45) is 4.99 Å². The maximum absolute atomic E-state index is 10.7. The van der Waals surface area contributed by atoms with Crippen LogP contribution in [0.1, 0.15) is 5.56 Å². The summed E-state index contributed by atoms with van der Waals surface area (Å²) in [6, 6.07) is 9.59. The maximum atomic E-state index is 10.7. The Bertz CT molecular complexity index is 438. The van der Waals surface area contributed by atoms with Gasteiger partial charge >= 0.3 is 5.97 Å². The summed E-state index contributed by atoms with van der Waals surface area (Å²) in [5.41, 5.74) is 0.938. The van der Waals surface area contributed by atoms with E-state index in [4.69, 9.17) is 5.11 Å². The molecule has 16 heavy (non-hydrogen) atoms. The van der Waals surface area contributed by atoms with Crippen LogP contribution in [-0.4, -0.2) is 34.9 Å². The molecule has 1 aromatic carbocycles.